The molecule has 36 heavy (non-hydrogen) atoms. The summed E-state index contributed by atoms with van der Waals surface area (Å²) in [5.41, 5.74) is -4.22. The average Bonchev–Trinajstić information content (AvgIpc) is 2.78. The van der Waals surface area contributed by atoms with E-state index in [4.69, 9.17) is 32.8 Å². The normalized spacial score (nSPS) is 11.5. The highest BCUT2D eigenvalue weighted by atomic mass is 35.5. The van der Waals surface area contributed by atoms with Crippen LogP contribution in [0, 0.1) is 26.0 Å². The fourth-order valence-corrected chi connectivity index (χ4v) is 3.39. The molecule has 188 valence electrons. The van der Waals surface area contributed by atoms with E-state index in [9.17, 15) is 37.8 Å². The molecule has 0 heterocycles. The molecule has 0 amide bonds. The minimum Gasteiger partial charge on any atom is -0.442 e. The molecule has 0 fully saturated rings. The number of hydrogen-bond donors (Lipinski definition) is 0. The van der Waals surface area contributed by atoms with Crippen molar-refractivity contribution in [1.82, 2.24) is 0 Å². The van der Waals surface area contributed by atoms with Crippen LogP contribution in [0.4, 0.5) is 28.9 Å². The number of rotatable bonds is 8. The molecule has 9 nitrogen and oxygen atoms in total. The smallest absolute Gasteiger partial charge is 0.416 e. The molecule has 3 rings (SSSR count). The Hall–Kier alpha value is -3.97. The lowest BCUT2D eigenvalue weighted by Gasteiger charge is -2.13. The molecular formula is C21H11Cl2F4N3O6. The zero-order valence-corrected chi connectivity index (χ0v) is 19.0. The molecule has 0 atom stereocenters. The van der Waals surface area contributed by atoms with E-state index >= 15 is 0 Å². The van der Waals surface area contributed by atoms with Gasteiger partial charge in [0.25, 0.3) is 5.75 Å². The molecule has 0 saturated carbocycles. The third-order valence-electron chi connectivity index (χ3n) is 4.46. The third-order valence-corrected chi connectivity index (χ3v) is 4.95. The zero-order chi connectivity index (χ0) is 26.6. The first-order chi connectivity index (χ1) is 16.9. The molecule has 0 N–H and O–H groups in total. The Balaban J connectivity index is 2.03. The van der Waals surface area contributed by atoms with Gasteiger partial charge in [-0.15, -0.1) is 0 Å². The summed E-state index contributed by atoms with van der Waals surface area (Å²) in [6, 6.07) is 8.19. The van der Waals surface area contributed by atoms with Crippen LogP contribution < -0.4 is 4.74 Å². The van der Waals surface area contributed by atoms with E-state index in [2.05, 4.69) is 5.16 Å². The van der Waals surface area contributed by atoms with Gasteiger partial charge in [0, 0.05) is 28.3 Å². The molecule has 0 unspecified atom stereocenters. The average molecular weight is 548 g/mol. The van der Waals surface area contributed by atoms with Crippen molar-refractivity contribution in [2.45, 2.75) is 12.8 Å². The second-order valence-electron chi connectivity index (χ2n) is 6.86. The molecule has 15 heteroatoms. The number of ether oxygens (including phenoxy) is 1. The largest absolute Gasteiger partial charge is 0.442 e. The number of alkyl halides is 3. The first-order valence-electron chi connectivity index (χ1n) is 9.48. The monoisotopic (exact) mass is 547 g/mol. The molecule has 0 aromatic heterocycles. The number of benzene rings is 3. The molecule has 0 aliphatic rings. The van der Waals surface area contributed by atoms with Gasteiger partial charge in [-0.2, -0.15) is 13.2 Å². The van der Waals surface area contributed by atoms with E-state index in [0.717, 1.165) is 12.3 Å². The SMILES string of the molecule is O=[N+]([O-])c1cc(C(F)(F)F)cc([N+](=O)[O-])c1Oc1c(Cl)cc(Cl)cc1/C=N\OCc1ccccc1F. The summed E-state index contributed by atoms with van der Waals surface area (Å²) < 4.78 is 58.5. The summed E-state index contributed by atoms with van der Waals surface area (Å²) in [6.07, 6.45) is -4.14. The Morgan fingerprint density at radius 2 is 1.58 bits per heavy atom. The molecule has 0 bridgehead atoms. The molecular weight excluding hydrogens is 537 g/mol. The fraction of sp³-hybridized carbons (Fsp3) is 0.0952. The molecule has 0 aliphatic heterocycles. The van der Waals surface area contributed by atoms with Crippen LogP contribution >= 0.6 is 23.2 Å². The van der Waals surface area contributed by atoms with E-state index in [0.29, 0.717) is 0 Å². The second kappa shape index (κ2) is 10.7. The van der Waals surface area contributed by atoms with Crippen LogP contribution in [0.2, 0.25) is 10.0 Å². The Morgan fingerprint density at radius 1 is 0.972 bits per heavy atom. The maximum Gasteiger partial charge on any atom is 0.416 e. The van der Waals surface area contributed by atoms with Gasteiger partial charge < -0.3 is 9.57 Å². The maximum atomic E-state index is 13.7. The number of halogens is 6. The fourth-order valence-electron chi connectivity index (χ4n) is 2.84. The third kappa shape index (κ3) is 6.17. The first kappa shape index (κ1) is 26.6. The van der Waals surface area contributed by atoms with Crippen molar-refractivity contribution in [2.75, 3.05) is 0 Å². The van der Waals surface area contributed by atoms with Crippen molar-refractivity contribution in [1.29, 1.82) is 0 Å². The number of nitro groups is 2. The Kier molecular flexibility index (Phi) is 7.95. The van der Waals surface area contributed by atoms with Gasteiger partial charge in [-0.05, 0) is 18.2 Å². The number of hydrogen-bond acceptors (Lipinski definition) is 7. The van der Waals surface area contributed by atoms with Crippen molar-refractivity contribution >= 4 is 40.8 Å². The van der Waals surface area contributed by atoms with Crippen LogP contribution in [-0.2, 0) is 17.6 Å². The lowest BCUT2D eigenvalue weighted by Crippen LogP contribution is -2.08. The van der Waals surface area contributed by atoms with Gasteiger partial charge in [0.1, 0.15) is 12.4 Å². The number of nitrogens with zero attached hydrogens (tertiary/aromatic N) is 3. The lowest BCUT2D eigenvalue weighted by atomic mass is 10.1. The maximum absolute atomic E-state index is 13.7. The van der Waals surface area contributed by atoms with E-state index < -0.39 is 50.3 Å². The van der Waals surface area contributed by atoms with Gasteiger partial charge in [0.15, 0.2) is 5.75 Å². The summed E-state index contributed by atoms with van der Waals surface area (Å²) in [5.74, 6) is -2.11. The lowest BCUT2D eigenvalue weighted by molar-refractivity contribution is -0.396. The minimum absolute atomic E-state index is 0.0272. The van der Waals surface area contributed by atoms with Crippen LogP contribution in [0.15, 0.2) is 53.7 Å². The Labute approximate surface area is 208 Å². The first-order valence-corrected chi connectivity index (χ1v) is 10.2. The number of oxime groups is 1. The van der Waals surface area contributed by atoms with Crippen LogP contribution in [-0.4, -0.2) is 16.1 Å². The van der Waals surface area contributed by atoms with Gasteiger partial charge in [0.2, 0.25) is 0 Å². The van der Waals surface area contributed by atoms with Gasteiger partial charge in [-0.25, -0.2) is 4.39 Å². The summed E-state index contributed by atoms with van der Waals surface area (Å²) in [5, 5.41) is 26.3. The van der Waals surface area contributed by atoms with Gasteiger partial charge in [-0.3, -0.25) is 20.2 Å². The van der Waals surface area contributed by atoms with Crippen molar-refractivity contribution in [3.8, 4) is 11.5 Å². The van der Waals surface area contributed by atoms with E-state index in [1.807, 2.05) is 0 Å². The van der Waals surface area contributed by atoms with E-state index in [-0.39, 0.29) is 39.9 Å². The summed E-state index contributed by atoms with van der Waals surface area (Å²) in [6.45, 7) is -0.288. The summed E-state index contributed by atoms with van der Waals surface area (Å²) in [4.78, 5) is 25.4. The van der Waals surface area contributed by atoms with Crippen molar-refractivity contribution < 1.29 is 37.0 Å². The second-order valence-corrected chi connectivity index (χ2v) is 7.71. The van der Waals surface area contributed by atoms with Crippen molar-refractivity contribution in [2.24, 2.45) is 5.16 Å². The highest BCUT2D eigenvalue weighted by molar-refractivity contribution is 6.36. The predicted octanol–water partition coefficient (Wildman–Crippen LogP) is 7.31. The predicted molar refractivity (Wildman–Crippen MR) is 120 cm³/mol. The van der Waals surface area contributed by atoms with Gasteiger partial charge in [0.05, 0.1) is 26.6 Å². The molecule has 3 aromatic carbocycles. The van der Waals surface area contributed by atoms with E-state index in [1.165, 1.54) is 24.3 Å². The molecule has 0 saturated heterocycles. The Morgan fingerprint density at radius 3 is 2.14 bits per heavy atom. The van der Waals surface area contributed by atoms with E-state index in [1.54, 1.807) is 6.07 Å². The quantitative estimate of drug-likeness (QED) is 0.126. The van der Waals surface area contributed by atoms with Crippen molar-refractivity contribution in [3.05, 3.63) is 101 Å². The molecule has 0 spiro atoms. The molecule has 3 aromatic rings. The minimum atomic E-state index is -5.11. The van der Waals surface area contributed by atoms with Crippen molar-refractivity contribution in [3.63, 3.8) is 0 Å². The summed E-state index contributed by atoms with van der Waals surface area (Å²) in [7, 11) is 0. The highest BCUT2D eigenvalue weighted by Crippen LogP contribution is 2.46. The Bertz CT molecular complexity index is 1330. The highest BCUT2D eigenvalue weighted by Gasteiger charge is 2.39. The van der Waals surface area contributed by atoms with Gasteiger partial charge >= 0.3 is 17.6 Å². The van der Waals surface area contributed by atoms with Crippen LogP contribution in [0.25, 0.3) is 0 Å². The summed E-state index contributed by atoms with van der Waals surface area (Å²) >= 11 is 12.1. The van der Waals surface area contributed by atoms with Crippen LogP contribution in [0.5, 0.6) is 11.5 Å². The molecule has 0 radical (unpaired) electrons. The number of nitro benzene ring substituents is 2. The van der Waals surface area contributed by atoms with Crippen LogP contribution in [0.1, 0.15) is 16.7 Å². The standard InChI is InChI=1S/C21H11Cl2F4N3O6/c22-14-5-12(9-28-35-10-11-3-1-2-4-16(11)24)19(15(23)8-14)36-20-17(29(31)32)6-13(21(25,26)27)7-18(20)30(33)34/h1-9H,10H2/b28-9-. The molecule has 0 aliphatic carbocycles. The zero-order valence-electron chi connectivity index (χ0n) is 17.5. The topological polar surface area (TPSA) is 117 Å². The van der Waals surface area contributed by atoms with Gasteiger partial charge in [-0.1, -0.05) is 46.6 Å². The van der Waals surface area contributed by atoms with Crippen LogP contribution in [0.3, 0.4) is 0 Å².